The van der Waals surface area contributed by atoms with Crippen LogP contribution in [0.25, 0.3) is 11.1 Å². The third kappa shape index (κ3) is 3.88. The summed E-state index contributed by atoms with van der Waals surface area (Å²) in [5.41, 5.74) is 1.40. The number of halogens is 2. The van der Waals surface area contributed by atoms with E-state index in [4.69, 9.17) is 5.11 Å². The van der Waals surface area contributed by atoms with Crippen molar-refractivity contribution in [3.05, 3.63) is 59.2 Å². The van der Waals surface area contributed by atoms with E-state index in [2.05, 4.69) is 5.32 Å². The largest absolute Gasteiger partial charge is 0.478 e. The van der Waals surface area contributed by atoms with E-state index < -0.39 is 29.2 Å². The van der Waals surface area contributed by atoms with Gasteiger partial charge in [0.25, 0.3) is 5.91 Å². The van der Waals surface area contributed by atoms with Gasteiger partial charge in [-0.15, -0.1) is 0 Å². The fourth-order valence-corrected chi connectivity index (χ4v) is 3.23. The number of nitrogens with zero attached hydrogens (tertiary/aromatic N) is 1. The van der Waals surface area contributed by atoms with Crippen molar-refractivity contribution in [1.82, 2.24) is 0 Å². The van der Waals surface area contributed by atoms with E-state index in [9.17, 15) is 18.4 Å². The first-order chi connectivity index (χ1) is 13.3. The summed E-state index contributed by atoms with van der Waals surface area (Å²) in [6.07, 6.45) is 1.06. The number of carboxylic acids is 1. The van der Waals surface area contributed by atoms with Crippen molar-refractivity contribution in [2.45, 2.75) is 19.3 Å². The second-order valence-electron chi connectivity index (χ2n) is 6.83. The van der Waals surface area contributed by atoms with Gasteiger partial charge < -0.3 is 15.3 Å². The van der Waals surface area contributed by atoms with E-state index in [1.54, 1.807) is 12.1 Å². The fourth-order valence-electron chi connectivity index (χ4n) is 3.23. The minimum Gasteiger partial charge on any atom is -0.478 e. The Bertz CT molecular complexity index is 943. The summed E-state index contributed by atoms with van der Waals surface area (Å²) in [7, 11) is 3.78. The monoisotopic (exact) mass is 386 g/mol. The van der Waals surface area contributed by atoms with Crippen LogP contribution in [0.15, 0.2) is 47.5 Å². The molecule has 0 saturated heterocycles. The number of hydrogen-bond donors (Lipinski definition) is 2. The lowest BCUT2D eigenvalue weighted by molar-refractivity contribution is -0.133. The molecular formula is C21H20F2N2O3. The molecular weight excluding hydrogens is 366 g/mol. The van der Waals surface area contributed by atoms with Gasteiger partial charge in [0.2, 0.25) is 0 Å². The minimum absolute atomic E-state index is 0.00378. The van der Waals surface area contributed by atoms with Crippen LogP contribution in [0.1, 0.15) is 19.3 Å². The van der Waals surface area contributed by atoms with Gasteiger partial charge in [-0.2, -0.15) is 0 Å². The Morgan fingerprint density at radius 3 is 2.07 bits per heavy atom. The molecule has 2 aromatic carbocycles. The summed E-state index contributed by atoms with van der Waals surface area (Å²) >= 11 is 0. The van der Waals surface area contributed by atoms with Crippen molar-refractivity contribution in [1.29, 1.82) is 0 Å². The predicted molar refractivity (Wildman–Crippen MR) is 103 cm³/mol. The summed E-state index contributed by atoms with van der Waals surface area (Å²) < 4.78 is 29.0. The number of aliphatic carboxylic acids is 1. The fraction of sp³-hybridized carbons (Fsp3) is 0.238. The predicted octanol–water partition coefficient (Wildman–Crippen LogP) is 4.20. The molecule has 2 N–H and O–H groups in total. The van der Waals surface area contributed by atoms with Crippen LogP contribution in [-0.2, 0) is 9.59 Å². The van der Waals surface area contributed by atoms with Crippen molar-refractivity contribution in [3.63, 3.8) is 0 Å². The van der Waals surface area contributed by atoms with Crippen molar-refractivity contribution >= 4 is 23.3 Å². The Hall–Kier alpha value is -3.22. The van der Waals surface area contributed by atoms with Gasteiger partial charge >= 0.3 is 5.97 Å². The first-order valence-electron chi connectivity index (χ1n) is 8.81. The van der Waals surface area contributed by atoms with Crippen LogP contribution in [0.5, 0.6) is 0 Å². The Labute approximate surface area is 161 Å². The zero-order valence-electron chi connectivity index (χ0n) is 15.6. The molecule has 0 aliphatic heterocycles. The number of hydrogen-bond acceptors (Lipinski definition) is 3. The number of rotatable bonds is 5. The van der Waals surface area contributed by atoms with Crippen molar-refractivity contribution in [3.8, 4) is 11.1 Å². The van der Waals surface area contributed by atoms with Gasteiger partial charge in [-0.1, -0.05) is 12.1 Å². The Morgan fingerprint density at radius 2 is 1.54 bits per heavy atom. The lowest BCUT2D eigenvalue weighted by Gasteiger charge is -2.14. The molecule has 0 heterocycles. The molecule has 0 spiro atoms. The van der Waals surface area contributed by atoms with Crippen LogP contribution in [0.2, 0.25) is 0 Å². The van der Waals surface area contributed by atoms with Crippen LogP contribution < -0.4 is 10.2 Å². The van der Waals surface area contributed by atoms with Gasteiger partial charge in [-0.3, -0.25) is 4.79 Å². The molecule has 1 amide bonds. The molecule has 7 heteroatoms. The van der Waals surface area contributed by atoms with Gasteiger partial charge in [0.05, 0.1) is 0 Å². The number of nitrogens with one attached hydrogen (secondary N) is 1. The third-order valence-electron chi connectivity index (χ3n) is 4.75. The molecule has 0 unspecified atom stereocenters. The zero-order valence-corrected chi connectivity index (χ0v) is 15.6. The number of carbonyl (C=O) groups is 2. The molecule has 1 aliphatic rings. The maximum absolute atomic E-state index is 14.5. The van der Waals surface area contributed by atoms with Gasteiger partial charge in [-0.25, -0.2) is 13.6 Å². The molecule has 5 nitrogen and oxygen atoms in total. The number of benzene rings is 2. The van der Waals surface area contributed by atoms with Gasteiger partial charge in [-0.05, 0) is 54.7 Å². The van der Waals surface area contributed by atoms with Crippen LogP contribution >= 0.6 is 0 Å². The van der Waals surface area contributed by atoms with Crippen molar-refractivity contribution in [2.24, 2.45) is 0 Å². The third-order valence-corrected chi connectivity index (χ3v) is 4.75. The summed E-state index contributed by atoms with van der Waals surface area (Å²) in [5, 5.41) is 11.3. The standard InChI is InChI=1S/C21H20F2N2O3/c1-25(2)14-8-6-12(7-9-14)13-10-17(22)19(18(23)11-13)24-20(26)15-4-3-5-16(15)21(27)28/h6-11H,3-5H2,1-2H3,(H,24,26)(H,27,28). The number of carbonyl (C=O) groups excluding carboxylic acids is 1. The lowest BCUT2D eigenvalue weighted by atomic mass is 10.0. The highest BCUT2D eigenvalue weighted by molar-refractivity contribution is 6.09. The highest BCUT2D eigenvalue weighted by atomic mass is 19.1. The number of amides is 1. The summed E-state index contributed by atoms with van der Waals surface area (Å²) in [6.45, 7) is 0. The minimum atomic E-state index is -1.18. The molecule has 0 atom stereocenters. The first-order valence-corrected chi connectivity index (χ1v) is 8.81. The Morgan fingerprint density at radius 1 is 0.964 bits per heavy atom. The first kappa shape index (κ1) is 19.5. The van der Waals surface area contributed by atoms with E-state index in [0.29, 0.717) is 17.5 Å². The lowest BCUT2D eigenvalue weighted by Crippen LogP contribution is -2.18. The summed E-state index contributed by atoms with van der Waals surface area (Å²) in [5.74, 6) is -3.80. The molecule has 2 aromatic rings. The number of anilines is 2. The topological polar surface area (TPSA) is 69.6 Å². The normalized spacial score (nSPS) is 13.6. The highest BCUT2D eigenvalue weighted by Gasteiger charge is 2.26. The molecule has 0 saturated carbocycles. The maximum atomic E-state index is 14.5. The van der Waals surface area contributed by atoms with Crippen LogP contribution in [-0.4, -0.2) is 31.1 Å². The average Bonchev–Trinajstić information content (AvgIpc) is 3.14. The Kier molecular flexibility index (Phi) is 5.44. The zero-order chi connectivity index (χ0) is 20.4. The van der Waals surface area contributed by atoms with Gasteiger partial charge in [0.15, 0.2) is 0 Å². The molecule has 0 bridgehead atoms. The van der Waals surface area contributed by atoms with Crippen LogP contribution in [0.3, 0.4) is 0 Å². The highest BCUT2D eigenvalue weighted by Crippen LogP contribution is 2.31. The van der Waals surface area contributed by atoms with E-state index >= 15 is 0 Å². The quantitative estimate of drug-likeness (QED) is 0.808. The smallest absolute Gasteiger partial charge is 0.332 e. The van der Waals surface area contributed by atoms with Crippen molar-refractivity contribution in [2.75, 3.05) is 24.3 Å². The number of carboxylic acid groups (broad SMARTS) is 1. The molecule has 1 aliphatic carbocycles. The summed E-state index contributed by atoms with van der Waals surface area (Å²) in [4.78, 5) is 25.4. The Balaban J connectivity index is 1.87. The molecule has 3 rings (SSSR count). The maximum Gasteiger partial charge on any atom is 0.332 e. The van der Waals surface area contributed by atoms with Crippen LogP contribution in [0, 0.1) is 11.6 Å². The molecule has 0 radical (unpaired) electrons. The van der Waals surface area contributed by atoms with Crippen molar-refractivity contribution < 1.29 is 23.5 Å². The molecule has 0 fully saturated rings. The van der Waals surface area contributed by atoms with E-state index in [1.165, 1.54) is 0 Å². The van der Waals surface area contributed by atoms with E-state index in [1.807, 2.05) is 31.1 Å². The van der Waals surface area contributed by atoms with E-state index in [0.717, 1.165) is 17.8 Å². The molecule has 0 aromatic heterocycles. The molecule has 146 valence electrons. The second-order valence-corrected chi connectivity index (χ2v) is 6.83. The van der Waals surface area contributed by atoms with Gasteiger partial charge in [0.1, 0.15) is 17.3 Å². The van der Waals surface area contributed by atoms with E-state index in [-0.39, 0.29) is 24.0 Å². The summed E-state index contributed by atoms with van der Waals surface area (Å²) in [6, 6.07) is 9.46. The molecule has 28 heavy (non-hydrogen) atoms. The van der Waals surface area contributed by atoms with Crippen LogP contribution in [0.4, 0.5) is 20.2 Å². The van der Waals surface area contributed by atoms with Gasteiger partial charge in [0, 0.05) is 30.9 Å². The average molecular weight is 386 g/mol. The SMILES string of the molecule is CN(C)c1ccc(-c2cc(F)c(NC(=O)C3=C(C(=O)O)CCC3)c(F)c2)cc1. The second kappa shape index (κ2) is 7.80.